The molecule has 102 valence electrons. The first-order valence-electron chi connectivity index (χ1n) is 5.92. The van der Waals surface area contributed by atoms with Gasteiger partial charge >= 0.3 is 0 Å². The first-order valence-corrected chi connectivity index (χ1v) is 6.67. The Kier molecular flexibility index (Phi) is 3.23. The molecule has 0 bridgehead atoms. The highest BCUT2D eigenvalue weighted by molar-refractivity contribution is 6.42. The summed E-state index contributed by atoms with van der Waals surface area (Å²) in [6.07, 6.45) is 2.98. The predicted octanol–water partition coefficient (Wildman–Crippen LogP) is 2.34. The van der Waals surface area contributed by atoms with E-state index >= 15 is 0 Å². The fraction of sp³-hybridized carbons (Fsp3) is 0.154. The van der Waals surface area contributed by atoms with E-state index in [1.54, 1.807) is 12.1 Å². The van der Waals surface area contributed by atoms with Crippen LogP contribution in [-0.4, -0.2) is 33.2 Å². The van der Waals surface area contributed by atoms with Gasteiger partial charge in [-0.1, -0.05) is 23.2 Å². The number of H-pyrrole nitrogens is 1. The van der Waals surface area contributed by atoms with Gasteiger partial charge < -0.3 is 4.98 Å². The minimum atomic E-state index is -0.294. The lowest BCUT2D eigenvalue weighted by Crippen LogP contribution is -2.32. The van der Waals surface area contributed by atoms with Crippen molar-refractivity contribution in [2.24, 2.45) is 0 Å². The molecule has 20 heavy (non-hydrogen) atoms. The highest BCUT2D eigenvalue weighted by atomic mass is 35.5. The second-order valence-corrected chi connectivity index (χ2v) is 5.19. The normalized spacial score (nSPS) is 14.8. The van der Waals surface area contributed by atoms with Crippen molar-refractivity contribution in [3.63, 3.8) is 0 Å². The van der Waals surface area contributed by atoms with Gasteiger partial charge in [-0.25, -0.2) is 4.98 Å². The van der Waals surface area contributed by atoms with Gasteiger partial charge in [0.15, 0.2) is 0 Å². The fourth-order valence-electron chi connectivity index (χ4n) is 2.05. The molecular formula is C13H9Cl2N3O2. The third-order valence-electron chi connectivity index (χ3n) is 3.05. The maximum absolute atomic E-state index is 11.4. The Morgan fingerprint density at radius 3 is 2.45 bits per heavy atom. The summed E-state index contributed by atoms with van der Waals surface area (Å²) in [4.78, 5) is 31.5. The van der Waals surface area contributed by atoms with Gasteiger partial charge in [0.1, 0.15) is 5.82 Å². The number of imidazole rings is 1. The Morgan fingerprint density at radius 2 is 1.75 bits per heavy atom. The largest absolute Gasteiger partial charge is 0.342 e. The van der Waals surface area contributed by atoms with Crippen LogP contribution >= 0.6 is 23.2 Å². The van der Waals surface area contributed by atoms with Crippen molar-refractivity contribution < 1.29 is 9.59 Å². The SMILES string of the molecule is O=C1C=CC(=O)N1CCc1nc2cc(Cl)c(Cl)cc2[nH]1. The van der Waals surface area contributed by atoms with E-state index in [9.17, 15) is 9.59 Å². The lowest BCUT2D eigenvalue weighted by Gasteiger charge is -2.11. The number of halogens is 2. The van der Waals surface area contributed by atoms with E-state index < -0.39 is 0 Å². The Balaban J connectivity index is 1.78. The maximum Gasteiger partial charge on any atom is 0.253 e. The fourth-order valence-corrected chi connectivity index (χ4v) is 2.37. The van der Waals surface area contributed by atoms with Gasteiger partial charge in [-0.15, -0.1) is 0 Å². The van der Waals surface area contributed by atoms with Crippen molar-refractivity contribution in [1.29, 1.82) is 0 Å². The number of aromatic amines is 1. The molecule has 0 aliphatic carbocycles. The molecule has 1 N–H and O–H groups in total. The molecular weight excluding hydrogens is 301 g/mol. The second-order valence-electron chi connectivity index (χ2n) is 4.38. The molecule has 1 aliphatic rings. The van der Waals surface area contributed by atoms with E-state index in [0.717, 1.165) is 5.52 Å². The summed E-state index contributed by atoms with van der Waals surface area (Å²) >= 11 is 11.9. The van der Waals surface area contributed by atoms with E-state index in [-0.39, 0.29) is 18.4 Å². The van der Waals surface area contributed by atoms with Gasteiger partial charge in [-0.05, 0) is 12.1 Å². The molecule has 2 aromatic rings. The van der Waals surface area contributed by atoms with Crippen molar-refractivity contribution in [2.75, 3.05) is 6.54 Å². The molecule has 1 aromatic carbocycles. The van der Waals surface area contributed by atoms with Gasteiger partial charge in [-0.3, -0.25) is 14.5 Å². The van der Waals surface area contributed by atoms with Crippen molar-refractivity contribution in [2.45, 2.75) is 6.42 Å². The molecule has 0 saturated carbocycles. The molecule has 0 saturated heterocycles. The summed E-state index contributed by atoms with van der Waals surface area (Å²) in [5.74, 6) is 0.0835. The van der Waals surface area contributed by atoms with E-state index in [0.29, 0.717) is 27.8 Å². The number of hydrogen-bond acceptors (Lipinski definition) is 3. The van der Waals surface area contributed by atoms with Crippen molar-refractivity contribution >= 4 is 46.0 Å². The number of carbonyl (C=O) groups excluding carboxylic acids is 2. The maximum atomic E-state index is 11.4. The molecule has 0 fully saturated rings. The summed E-state index contributed by atoms with van der Waals surface area (Å²) in [6, 6.07) is 3.37. The van der Waals surface area contributed by atoms with E-state index in [1.807, 2.05) is 0 Å². The van der Waals surface area contributed by atoms with Crippen molar-refractivity contribution in [3.05, 3.63) is 40.2 Å². The Hall–Kier alpha value is -1.85. The second kappa shape index (κ2) is 4.92. The molecule has 2 heterocycles. The van der Waals surface area contributed by atoms with Crippen LogP contribution in [0.15, 0.2) is 24.3 Å². The van der Waals surface area contributed by atoms with Gasteiger partial charge in [0.05, 0.1) is 21.1 Å². The quantitative estimate of drug-likeness (QED) is 0.885. The van der Waals surface area contributed by atoms with Crippen LogP contribution in [-0.2, 0) is 16.0 Å². The lowest BCUT2D eigenvalue weighted by molar-refractivity contribution is -0.136. The number of amides is 2. The first kappa shape index (κ1) is 13.1. The number of fused-ring (bicyclic) bond motifs is 1. The Morgan fingerprint density at radius 1 is 1.10 bits per heavy atom. The van der Waals surface area contributed by atoms with Gasteiger partial charge in [0.25, 0.3) is 11.8 Å². The number of rotatable bonds is 3. The smallest absolute Gasteiger partial charge is 0.253 e. The van der Waals surface area contributed by atoms with Crippen LogP contribution in [0.4, 0.5) is 0 Å². The number of nitrogens with one attached hydrogen (secondary N) is 1. The monoisotopic (exact) mass is 309 g/mol. The van der Waals surface area contributed by atoms with Crippen molar-refractivity contribution in [1.82, 2.24) is 14.9 Å². The Bertz CT molecular complexity index is 694. The van der Waals surface area contributed by atoms with E-state index in [1.165, 1.54) is 17.1 Å². The highest BCUT2D eigenvalue weighted by Crippen LogP contribution is 2.26. The predicted molar refractivity (Wildman–Crippen MR) is 75.7 cm³/mol. The van der Waals surface area contributed by atoms with Crippen LogP contribution < -0.4 is 0 Å². The summed E-state index contributed by atoms with van der Waals surface area (Å²) in [6.45, 7) is 0.284. The summed E-state index contributed by atoms with van der Waals surface area (Å²) in [5.41, 5.74) is 1.47. The van der Waals surface area contributed by atoms with Crippen LogP contribution in [0, 0.1) is 0 Å². The minimum Gasteiger partial charge on any atom is -0.342 e. The number of benzene rings is 1. The van der Waals surface area contributed by atoms with Crippen molar-refractivity contribution in [3.8, 4) is 0 Å². The molecule has 3 rings (SSSR count). The highest BCUT2D eigenvalue weighted by Gasteiger charge is 2.23. The molecule has 1 aromatic heterocycles. The lowest BCUT2D eigenvalue weighted by atomic mass is 10.3. The average Bonchev–Trinajstić information content (AvgIpc) is 2.92. The summed E-state index contributed by atoms with van der Waals surface area (Å²) < 4.78 is 0. The molecule has 0 atom stereocenters. The first-order chi connectivity index (χ1) is 9.54. The van der Waals surface area contributed by atoms with Crippen LogP contribution in [0.25, 0.3) is 11.0 Å². The molecule has 0 spiro atoms. The number of aromatic nitrogens is 2. The molecule has 1 aliphatic heterocycles. The Labute approximate surface area is 124 Å². The van der Waals surface area contributed by atoms with Gasteiger partial charge in [0.2, 0.25) is 0 Å². The molecule has 2 amide bonds. The molecule has 5 nitrogen and oxygen atoms in total. The van der Waals surface area contributed by atoms with Gasteiger partial charge in [-0.2, -0.15) is 0 Å². The zero-order chi connectivity index (χ0) is 14.3. The third-order valence-corrected chi connectivity index (χ3v) is 3.77. The van der Waals surface area contributed by atoms with E-state index in [2.05, 4.69) is 9.97 Å². The molecule has 0 radical (unpaired) electrons. The van der Waals surface area contributed by atoms with Crippen LogP contribution in [0.2, 0.25) is 10.0 Å². The zero-order valence-corrected chi connectivity index (χ0v) is 11.7. The number of imide groups is 1. The zero-order valence-electron chi connectivity index (χ0n) is 10.2. The third kappa shape index (κ3) is 2.30. The number of hydrogen-bond donors (Lipinski definition) is 1. The molecule has 0 unspecified atom stereocenters. The number of nitrogens with zero attached hydrogens (tertiary/aromatic N) is 2. The van der Waals surface area contributed by atoms with Gasteiger partial charge in [0, 0.05) is 25.1 Å². The van der Waals surface area contributed by atoms with Crippen LogP contribution in [0.5, 0.6) is 0 Å². The average molecular weight is 310 g/mol. The van der Waals surface area contributed by atoms with Crippen LogP contribution in [0.1, 0.15) is 5.82 Å². The summed E-state index contributed by atoms with van der Waals surface area (Å²) in [7, 11) is 0. The standard InChI is InChI=1S/C13H9Cl2N3O2/c14-7-5-9-10(6-8(7)15)17-11(16-9)3-4-18-12(19)1-2-13(18)20/h1-2,5-6H,3-4H2,(H,16,17). The summed E-state index contributed by atoms with van der Waals surface area (Å²) in [5, 5.41) is 0.884. The molecule has 7 heteroatoms. The van der Waals surface area contributed by atoms with Crippen LogP contribution in [0.3, 0.4) is 0 Å². The minimum absolute atomic E-state index is 0.284. The topological polar surface area (TPSA) is 66.1 Å². The number of carbonyl (C=O) groups is 2. The van der Waals surface area contributed by atoms with E-state index in [4.69, 9.17) is 23.2 Å².